The molecule has 0 saturated heterocycles. The molecule has 0 atom stereocenters. The molecule has 1 aromatic rings. The van der Waals surface area contributed by atoms with Gasteiger partial charge in [-0.2, -0.15) is 0 Å². The monoisotopic (exact) mass is 256 g/mol. The van der Waals surface area contributed by atoms with Crippen LogP contribution in [-0.2, 0) is 11.2 Å². The first kappa shape index (κ1) is 12.4. The lowest BCUT2D eigenvalue weighted by Gasteiger charge is -2.07. The zero-order valence-corrected chi connectivity index (χ0v) is 10.2. The van der Waals surface area contributed by atoms with Crippen LogP contribution in [0.5, 0.6) is 0 Å². The number of ketones is 1. The standard InChI is InChI=1S/C12H14ClFN2O/c13-12-15-7-10(14)11(16-12)6-9(17)5-8-3-1-2-4-8/h7-8H,1-6H2. The van der Waals surface area contributed by atoms with Gasteiger partial charge in [-0.15, -0.1) is 0 Å². The van der Waals surface area contributed by atoms with Crippen LogP contribution >= 0.6 is 11.6 Å². The van der Waals surface area contributed by atoms with Gasteiger partial charge in [0.25, 0.3) is 0 Å². The molecule has 0 spiro atoms. The number of carbonyl (C=O) groups is 1. The highest BCUT2D eigenvalue weighted by Gasteiger charge is 2.19. The van der Waals surface area contributed by atoms with Crippen LogP contribution in [0.2, 0.25) is 5.28 Å². The fourth-order valence-corrected chi connectivity index (χ4v) is 2.45. The lowest BCUT2D eigenvalue weighted by molar-refractivity contribution is -0.119. The number of carbonyl (C=O) groups excluding carboxylic acids is 1. The number of hydrogen-bond acceptors (Lipinski definition) is 3. The predicted molar refractivity (Wildman–Crippen MR) is 62.3 cm³/mol. The first-order chi connectivity index (χ1) is 8.15. The first-order valence-corrected chi connectivity index (χ1v) is 6.21. The van der Waals surface area contributed by atoms with E-state index in [1.807, 2.05) is 0 Å². The third kappa shape index (κ3) is 3.46. The quantitative estimate of drug-likeness (QED) is 0.778. The van der Waals surface area contributed by atoms with Gasteiger partial charge in [-0.3, -0.25) is 4.79 Å². The summed E-state index contributed by atoms with van der Waals surface area (Å²) in [5, 5.41) is -0.0185. The third-order valence-corrected chi connectivity index (χ3v) is 3.33. The molecule has 2 rings (SSSR count). The Labute approximate surface area is 104 Å². The van der Waals surface area contributed by atoms with Gasteiger partial charge in [0.05, 0.1) is 18.3 Å². The highest BCUT2D eigenvalue weighted by molar-refractivity contribution is 6.28. The maximum absolute atomic E-state index is 13.3. The number of rotatable bonds is 4. The van der Waals surface area contributed by atoms with Gasteiger partial charge in [-0.05, 0) is 17.5 Å². The van der Waals surface area contributed by atoms with Crippen LogP contribution in [0.4, 0.5) is 4.39 Å². The molecule has 1 saturated carbocycles. The fraction of sp³-hybridized carbons (Fsp3) is 0.583. The Bertz CT molecular complexity index is 419. The van der Waals surface area contributed by atoms with Crippen LogP contribution in [0.3, 0.4) is 0 Å². The molecule has 5 heteroatoms. The SMILES string of the molecule is O=C(Cc1nc(Cl)ncc1F)CC1CCCC1. The van der Waals surface area contributed by atoms with E-state index in [1.165, 1.54) is 12.8 Å². The van der Waals surface area contributed by atoms with E-state index in [0.29, 0.717) is 12.3 Å². The van der Waals surface area contributed by atoms with Crippen molar-refractivity contribution in [2.75, 3.05) is 0 Å². The van der Waals surface area contributed by atoms with Gasteiger partial charge in [0, 0.05) is 6.42 Å². The van der Waals surface area contributed by atoms with Crippen molar-refractivity contribution in [3.8, 4) is 0 Å². The van der Waals surface area contributed by atoms with E-state index in [9.17, 15) is 9.18 Å². The Morgan fingerprint density at radius 2 is 2.18 bits per heavy atom. The molecule has 1 fully saturated rings. The summed E-state index contributed by atoms with van der Waals surface area (Å²) in [5.74, 6) is -0.0531. The number of aromatic nitrogens is 2. The lowest BCUT2D eigenvalue weighted by atomic mass is 9.99. The van der Waals surface area contributed by atoms with Crippen LogP contribution in [0.1, 0.15) is 37.8 Å². The van der Waals surface area contributed by atoms with E-state index < -0.39 is 5.82 Å². The Morgan fingerprint density at radius 1 is 1.47 bits per heavy atom. The summed E-state index contributed by atoms with van der Waals surface area (Å²) in [7, 11) is 0. The Kier molecular flexibility index (Phi) is 4.05. The average Bonchev–Trinajstić information content (AvgIpc) is 2.76. The normalized spacial score (nSPS) is 16.4. The van der Waals surface area contributed by atoms with Crippen LogP contribution in [0.25, 0.3) is 0 Å². The summed E-state index contributed by atoms with van der Waals surface area (Å²) in [6.07, 6.45) is 6.17. The minimum Gasteiger partial charge on any atom is -0.299 e. The molecular formula is C12H14ClFN2O. The van der Waals surface area contributed by atoms with E-state index in [0.717, 1.165) is 19.0 Å². The van der Waals surface area contributed by atoms with Gasteiger partial charge in [0.1, 0.15) is 5.78 Å². The summed E-state index contributed by atoms with van der Waals surface area (Å²) in [5.41, 5.74) is 0.105. The smallest absolute Gasteiger partial charge is 0.222 e. The minimum absolute atomic E-state index is 0.0184. The summed E-state index contributed by atoms with van der Waals surface area (Å²) in [6, 6.07) is 0. The number of hydrogen-bond donors (Lipinski definition) is 0. The average molecular weight is 257 g/mol. The zero-order valence-electron chi connectivity index (χ0n) is 9.46. The van der Waals surface area contributed by atoms with E-state index in [2.05, 4.69) is 9.97 Å². The number of nitrogens with zero attached hydrogens (tertiary/aromatic N) is 2. The summed E-state index contributed by atoms with van der Waals surface area (Å²) < 4.78 is 13.3. The van der Waals surface area contributed by atoms with Crippen molar-refractivity contribution >= 4 is 17.4 Å². The topological polar surface area (TPSA) is 42.9 Å². The van der Waals surface area contributed by atoms with E-state index in [4.69, 9.17) is 11.6 Å². The Balaban J connectivity index is 1.95. The van der Waals surface area contributed by atoms with Crippen molar-refractivity contribution in [1.29, 1.82) is 0 Å². The second-order valence-electron chi connectivity index (χ2n) is 4.50. The molecule has 0 bridgehead atoms. The molecule has 1 aliphatic carbocycles. The van der Waals surface area contributed by atoms with Gasteiger partial charge in [-0.1, -0.05) is 25.7 Å². The number of Topliss-reactive ketones (excluding diaryl/α,β-unsaturated/α-hetero) is 1. The maximum atomic E-state index is 13.3. The van der Waals surface area contributed by atoms with Gasteiger partial charge in [0.2, 0.25) is 5.28 Å². The predicted octanol–water partition coefficient (Wildman–Crippen LogP) is 2.96. The fourth-order valence-electron chi connectivity index (χ4n) is 2.30. The molecule has 0 aliphatic heterocycles. The summed E-state index contributed by atoms with van der Waals surface area (Å²) in [6.45, 7) is 0. The maximum Gasteiger partial charge on any atom is 0.222 e. The van der Waals surface area contributed by atoms with Crippen molar-refractivity contribution in [3.63, 3.8) is 0 Å². The van der Waals surface area contributed by atoms with E-state index in [-0.39, 0.29) is 23.2 Å². The molecule has 0 aromatic carbocycles. The molecule has 1 aliphatic rings. The van der Waals surface area contributed by atoms with Crippen molar-refractivity contribution in [1.82, 2.24) is 9.97 Å². The van der Waals surface area contributed by atoms with E-state index >= 15 is 0 Å². The molecule has 1 heterocycles. The Morgan fingerprint density at radius 3 is 2.88 bits per heavy atom. The molecule has 0 radical (unpaired) electrons. The minimum atomic E-state index is -0.561. The molecule has 17 heavy (non-hydrogen) atoms. The van der Waals surface area contributed by atoms with Crippen molar-refractivity contribution in [2.45, 2.75) is 38.5 Å². The van der Waals surface area contributed by atoms with Crippen LogP contribution < -0.4 is 0 Å². The molecule has 0 unspecified atom stereocenters. The first-order valence-electron chi connectivity index (χ1n) is 5.84. The molecule has 0 amide bonds. The number of halogens is 2. The molecule has 92 valence electrons. The third-order valence-electron chi connectivity index (χ3n) is 3.14. The van der Waals surface area contributed by atoms with Gasteiger partial charge < -0.3 is 0 Å². The highest BCUT2D eigenvalue weighted by atomic mass is 35.5. The van der Waals surface area contributed by atoms with Gasteiger partial charge in [-0.25, -0.2) is 14.4 Å². The summed E-state index contributed by atoms with van der Waals surface area (Å²) >= 11 is 5.57. The second kappa shape index (κ2) is 5.54. The molecule has 1 aromatic heterocycles. The van der Waals surface area contributed by atoms with Gasteiger partial charge in [0.15, 0.2) is 5.82 Å². The van der Waals surface area contributed by atoms with Crippen LogP contribution in [-0.4, -0.2) is 15.8 Å². The molecule has 0 N–H and O–H groups in total. The van der Waals surface area contributed by atoms with Gasteiger partial charge >= 0.3 is 0 Å². The largest absolute Gasteiger partial charge is 0.299 e. The van der Waals surface area contributed by atoms with Crippen LogP contribution in [0.15, 0.2) is 6.20 Å². The summed E-state index contributed by atoms with van der Waals surface area (Å²) in [4.78, 5) is 19.0. The van der Waals surface area contributed by atoms with Crippen LogP contribution in [0, 0.1) is 11.7 Å². The lowest BCUT2D eigenvalue weighted by Crippen LogP contribution is -2.11. The van der Waals surface area contributed by atoms with Crippen molar-refractivity contribution in [2.24, 2.45) is 5.92 Å². The highest BCUT2D eigenvalue weighted by Crippen LogP contribution is 2.28. The molecule has 3 nitrogen and oxygen atoms in total. The molecular weight excluding hydrogens is 243 g/mol. The van der Waals surface area contributed by atoms with E-state index in [1.54, 1.807) is 0 Å². The van der Waals surface area contributed by atoms with Crippen molar-refractivity contribution in [3.05, 3.63) is 23.0 Å². The zero-order chi connectivity index (χ0) is 12.3. The van der Waals surface area contributed by atoms with Crippen molar-refractivity contribution < 1.29 is 9.18 Å². The second-order valence-corrected chi connectivity index (χ2v) is 4.84. The Hall–Kier alpha value is -1.03.